The van der Waals surface area contributed by atoms with E-state index in [0.717, 1.165) is 37.6 Å². The molecule has 0 aromatic heterocycles. The summed E-state index contributed by atoms with van der Waals surface area (Å²) in [6, 6.07) is 18.9. The van der Waals surface area contributed by atoms with Gasteiger partial charge in [-0.15, -0.1) is 11.8 Å². The van der Waals surface area contributed by atoms with Crippen LogP contribution in [0, 0.1) is 0 Å². The smallest absolute Gasteiger partial charge is 0.222 e. The third-order valence-corrected chi connectivity index (χ3v) is 6.08. The summed E-state index contributed by atoms with van der Waals surface area (Å²) in [4.78, 5) is 19.7. The van der Waals surface area contributed by atoms with Gasteiger partial charge in [0.2, 0.25) is 5.91 Å². The summed E-state index contributed by atoms with van der Waals surface area (Å²) in [5, 5.41) is 7.21. The minimum absolute atomic E-state index is 0.268. The van der Waals surface area contributed by atoms with Crippen molar-refractivity contribution in [1.82, 2.24) is 15.5 Å². The number of likely N-dealkylation sites (tertiary alicyclic amines) is 1. The molecule has 0 aliphatic carbocycles. The molecule has 160 valence electrons. The van der Waals surface area contributed by atoms with Crippen molar-refractivity contribution in [3.63, 3.8) is 0 Å². The lowest BCUT2D eigenvalue weighted by Gasteiger charge is -2.16. The largest absolute Gasteiger partial charge is 0.357 e. The fraction of sp³-hybridized carbons (Fsp3) is 0.417. The van der Waals surface area contributed by atoms with Crippen molar-refractivity contribution in [2.24, 2.45) is 4.99 Å². The highest BCUT2D eigenvalue weighted by Crippen LogP contribution is 2.22. The molecule has 1 aliphatic heterocycles. The third kappa shape index (κ3) is 7.10. The van der Waals surface area contributed by atoms with E-state index in [4.69, 9.17) is 4.99 Å². The molecule has 2 aromatic carbocycles. The Morgan fingerprint density at radius 3 is 2.50 bits per heavy atom. The van der Waals surface area contributed by atoms with Gasteiger partial charge < -0.3 is 15.5 Å². The summed E-state index contributed by atoms with van der Waals surface area (Å²) in [6.07, 6.45) is 1.67. The molecule has 0 spiro atoms. The second-order valence-electron chi connectivity index (χ2n) is 7.55. The Balaban J connectivity index is 1.49. The average Bonchev–Trinajstić information content (AvgIpc) is 3.16. The number of aliphatic imine (C=N–C) groups is 1. The number of amides is 1. The minimum Gasteiger partial charge on any atom is -0.357 e. The summed E-state index contributed by atoms with van der Waals surface area (Å²) in [5.41, 5.74) is 2.34. The van der Waals surface area contributed by atoms with Gasteiger partial charge in [0.1, 0.15) is 0 Å². The van der Waals surface area contributed by atoms with Crippen LogP contribution in [0.5, 0.6) is 0 Å². The Bertz CT molecular complexity index is 823. The average molecular weight is 425 g/mol. The number of thioether (sulfide) groups is 1. The quantitative estimate of drug-likeness (QED) is 0.362. The molecule has 1 saturated heterocycles. The highest BCUT2D eigenvalue weighted by Gasteiger charge is 2.19. The Hall–Kier alpha value is -2.47. The molecule has 5 nitrogen and oxygen atoms in total. The van der Waals surface area contributed by atoms with Crippen LogP contribution in [0.1, 0.15) is 37.8 Å². The first kappa shape index (κ1) is 22.2. The SMILES string of the molecule is CCNC(=NCc1ccc(CN2CCCC2=O)cc1)NCC(C)Sc1ccccc1. The number of hydrogen-bond acceptors (Lipinski definition) is 3. The number of carbonyl (C=O) groups is 1. The highest BCUT2D eigenvalue weighted by atomic mass is 32.2. The van der Waals surface area contributed by atoms with Crippen LogP contribution in [0.15, 0.2) is 64.5 Å². The molecule has 30 heavy (non-hydrogen) atoms. The number of rotatable bonds is 9. The normalized spacial score (nSPS) is 15.3. The summed E-state index contributed by atoms with van der Waals surface area (Å²) in [5.74, 6) is 1.11. The lowest BCUT2D eigenvalue weighted by Crippen LogP contribution is -2.40. The molecule has 1 unspecified atom stereocenters. The van der Waals surface area contributed by atoms with Gasteiger partial charge in [-0.05, 0) is 36.6 Å². The van der Waals surface area contributed by atoms with Gasteiger partial charge in [-0.1, -0.05) is 49.4 Å². The van der Waals surface area contributed by atoms with E-state index in [-0.39, 0.29) is 5.91 Å². The lowest BCUT2D eigenvalue weighted by atomic mass is 10.1. The highest BCUT2D eigenvalue weighted by molar-refractivity contribution is 8.00. The molecule has 0 saturated carbocycles. The van der Waals surface area contributed by atoms with E-state index in [1.54, 1.807) is 0 Å². The maximum absolute atomic E-state index is 11.8. The first-order valence-electron chi connectivity index (χ1n) is 10.7. The van der Waals surface area contributed by atoms with Gasteiger partial charge in [-0.3, -0.25) is 4.79 Å². The molecule has 2 aromatic rings. The van der Waals surface area contributed by atoms with Crippen molar-refractivity contribution in [2.45, 2.75) is 49.9 Å². The van der Waals surface area contributed by atoms with Gasteiger partial charge in [-0.2, -0.15) is 0 Å². The Morgan fingerprint density at radius 1 is 1.10 bits per heavy atom. The van der Waals surface area contributed by atoms with Crippen LogP contribution in [-0.2, 0) is 17.9 Å². The van der Waals surface area contributed by atoms with Crippen molar-refractivity contribution in [3.8, 4) is 0 Å². The molecule has 1 fully saturated rings. The molecule has 3 rings (SSSR count). The van der Waals surface area contributed by atoms with Gasteiger partial charge in [0.15, 0.2) is 5.96 Å². The second kappa shape index (κ2) is 11.6. The van der Waals surface area contributed by atoms with E-state index in [0.29, 0.717) is 24.8 Å². The van der Waals surface area contributed by atoms with E-state index in [9.17, 15) is 4.79 Å². The number of nitrogens with zero attached hydrogens (tertiary/aromatic N) is 2. The van der Waals surface area contributed by atoms with Gasteiger partial charge in [0.05, 0.1) is 6.54 Å². The molecule has 2 N–H and O–H groups in total. The topological polar surface area (TPSA) is 56.7 Å². The molecule has 1 aliphatic rings. The number of carbonyl (C=O) groups excluding carboxylic acids is 1. The molecule has 6 heteroatoms. The summed E-state index contributed by atoms with van der Waals surface area (Å²) in [6.45, 7) is 8.18. The zero-order chi connectivity index (χ0) is 21.2. The van der Waals surface area contributed by atoms with Gasteiger partial charge in [0, 0.05) is 42.7 Å². The number of nitrogens with one attached hydrogen (secondary N) is 2. The van der Waals surface area contributed by atoms with Gasteiger partial charge in [-0.25, -0.2) is 4.99 Å². The summed E-state index contributed by atoms with van der Waals surface area (Å²) < 4.78 is 0. The predicted octanol–water partition coefficient (Wildman–Crippen LogP) is 4.04. The van der Waals surface area contributed by atoms with Crippen LogP contribution in [0.2, 0.25) is 0 Å². The van der Waals surface area contributed by atoms with Gasteiger partial charge in [0.25, 0.3) is 0 Å². The maximum Gasteiger partial charge on any atom is 0.222 e. The van der Waals surface area contributed by atoms with Crippen LogP contribution in [0.4, 0.5) is 0 Å². The zero-order valence-electron chi connectivity index (χ0n) is 17.9. The number of guanidine groups is 1. The standard InChI is InChI=1S/C24H32N4OS/c1-3-25-24(26-16-19(2)30-22-8-5-4-6-9-22)27-17-20-11-13-21(14-12-20)18-28-15-7-10-23(28)29/h4-6,8-9,11-14,19H,3,7,10,15-18H2,1-2H3,(H2,25,26,27). The first-order valence-corrected chi connectivity index (χ1v) is 11.6. The van der Waals surface area contributed by atoms with Crippen molar-refractivity contribution in [1.29, 1.82) is 0 Å². The molecule has 1 amide bonds. The van der Waals surface area contributed by atoms with Crippen molar-refractivity contribution < 1.29 is 4.79 Å². The molecule has 0 bridgehead atoms. The molecule has 1 heterocycles. The Kier molecular flexibility index (Phi) is 8.63. The molecular formula is C24H32N4OS. The zero-order valence-corrected chi connectivity index (χ0v) is 18.8. The van der Waals surface area contributed by atoms with Crippen molar-refractivity contribution in [2.75, 3.05) is 19.6 Å². The Labute approximate surface area is 184 Å². The Morgan fingerprint density at radius 2 is 1.83 bits per heavy atom. The van der Waals surface area contributed by atoms with Crippen molar-refractivity contribution in [3.05, 3.63) is 65.7 Å². The van der Waals surface area contributed by atoms with Crippen LogP contribution >= 0.6 is 11.8 Å². The molecular weight excluding hydrogens is 392 g/mol. The third-order valence-electron chi connectivity index (χ3n) is 4.97. The van der Waals surface area contributed by atoms with Crippen LogP contribution in [0.3, 0.4) is 0 Å². The van der Waals surface area contributed by atoms with E-state index in [1.807, 2.05) is 22.7 Å². The molecule has 0 radical (unpaired) electrons. The monoisotopic (exact) mass is 424 g/mol. The fourth-order valence-corrected chi connectivity index (χ4v) is 4.31. The second-order valence-corrected chi connectivity index (χ2v) is 9.06. The number of benzene rings is 2. The van der Waals surface area contributed by atoms with E-state index in [1.165, 1.54) is 10.5 Å². The minimum atomic E-state index is 0.268. The van der Waals surface area contributed by atoms with E-state index >= 15 is 0 Å². The maximum atomic E-state index is 11.8. The molecule has 1 atom stereocenters. The van der Waals surface area contributed by atoms with Gasteiger partial charge >= 0.3 is 0 Å². The van der Waals surface area contributed by atoms with E-state index in [2.05, 4.69) is 73.0 Å². The lowest BCUT2D eigenvalue weighted by molar-refractivity contribution is -0.128. The summed E-state index contributed by atoms with van der Waals surface area (Å²) >= 11 is 1.86. The first-order chi connectivity index (χ1) is 14.6. The predicted molar refractivity (Wildman–Crippen MR) is 126 cm³/mol. The van der Waals surface area contributed by atoms with Crippen molar-refractivity contribution >= 4 is 23.6 Å². The van der Waals surface area contributed by atoms with Crippen LogP contribution in [0.25, 0.3) is 0 Å². The number of hydrogen-bond donors (Lipinski definition) is 2. The van der Waals surface area contributed by atoms with Crippen LogP contribution in [-0.4, -0.2) is 41.7 Å². The van der Waals surface area contributed by atoms with Crippen LogP contribution < -0.4 is 10.6 Å². The summed E-state index contributed by atoms with van der Waals surface area (Å²) in [7, 11) is 0. The van der Waals surface area contributed by atoms with E-state index < -0.39 is 0 Å². The fourth-order valence-electron chi connectivity index (χ4n) is 3.37.